The van der Waals surface area contributed by atoms with E-state index in [1.54, 1.807) is 11.0 Å². The van der Waals surface area contributed by atoms with Gasteiger partial charge in [0.05, 0.1) is 6.61 Å². The summed E-state index contributed by atoms with van der Waals surface area (Å²) in [5.74, 6) is -0.0626. The van der Waals surface area contributed by atoms with E-state index in [1.165, 1.54) is 13.8 Å². The van der Waals surface area contributed by atoms with Crippen LogP contribution in [0.1, 0.15) is 53.4 Å². The number of aliphatic hydroxyl groups excluding tert-OH is 1. The van der Waals surface area contributed by atoms with Gasteiger partial charge in [-0.3, -0.25) is 14.4 Å². The Morgan fingerprint density at radius 2 is 1.90 bits per heavy atom. The van der Waals surface area contributed by atoms with E-state index in [2.05, 4.69) is 19.9 Å². The first-order valence-corrected chi connectivity index (χ1v) is 11.6. The van der Waals surface area contributed by atoms with Crippen LogP contribution in [-0.2, 0) is 19.1 Å². The van der Waals surface area contributed by atoms with Crippen molar-refractivity contribution < 1.29 is 24.2 Å². The summed E-state index contributed by atoms with van der Waals surface area (Å²) in [6.45, 7) is 7.93. The van der Waals surface area contributed by atoms with Gasteiger partial charge in [0.25, 0.3) is 0 Å². The number of Topliss-reactive ketones (excluding diaryl/α,β-unsaturated/α-hetero) is 1. The predicted octanol–water partition coefficient (Wildman–Crippen LogP) is 3.22. The Labute approximate surface area is 188 Å². The zero-order chi connectivity index (χ0) is 22.8. The highest BCUT2D eigenvalue weighted by Gasteiger charge is 2.67. The molecule has 1 aliphatic heterocycles. The van der Waals surface area contributed by atoms with Crippen LogP contribution in [0.15, 0.2) is 22.8 Å². The van der Waals surface area contributed by atoms with Gasteiger partial charge in [-0.25, -0.2) is 0 Å². The number of carbonyl (C=O) groups is 3. The monoisotopic (exact) mass is 449 g/mol. The number of amides is 1. The van der Waals surface area contributed by atoms with Gasteiger partial charge in [0, 0.05) is 42.0 Å². The molecular formula is C24H32ClNO5. The van der Waals surface area contributed by atoms with E-state index in [0.717, 1.165) is 24.8 Å². The maximum absolute atomic E-state index is 12.8. The molecular weight excluding hydrogens is 418 g/mol. The summed E-state index contributed by atoms with van der Waals surface area (Å²) in [6.07, 6.45) is 6.67. The van der Waals surface area contributed by atoms with E-state index in [0.29, 0.717) is 24.5 Å². The molecule has 3 aliphatic carbocycles. The summed E-state index contributed by atoms with van der Waals surface area (Å²) >= 11 is 6.76. The van der Waals surface area contributed by atoms with Crippen LogP contribution in [-0.4, -0.2) is 53.0 Å². The molecule has 6 nitrogen and oxygen atoms in total. The molecule has 7 heteroatoms. The van der Waals surface area contributed by atoms with E-state index in [1.807, 2.05) is 0 Å². The fraction of sp³-hybridized carbons (Fsp3) is 0.708. The van der Waals surface area contributed by atoms with Crippen molar-refractivity contribution in [3.05, 3.63) is 22.8 Å². The van der Waals surface area contributed by atoms with Gasteiger partial charge in [-0.1, -0.05) is 31.5 Å². The van der Waals surface area contributed by atoms with Gasteiger partial charge in [0.15, 0.2) is 11.4 Å². The summed E-state index contributed by atoms with van der Waals surface area (Å²) in [5, 5.41) is 10.0. The van der Waals surface area contributed by atoms with Gasteiger partial charge in [-0.2, -0.15) is 0 Å². The molecule has 0 radical (unpaired) electrons. The number of rotatable bonds is 4. The number of esters is 1. The molecule has 1 N–H and O–H groups in total. The molecule has 31 heavy (non-hydrogen) atoms. The third-order valence-electron chi connectivity index (χ3n) is 8.84. The summed E-state index contributed by atoms with van der Waals surface area (Å²) in [5.41, 5.74) is -0.971. The first-order chi connectivity index (χ1) is 14.5. The van der Waals surface area contributed by atoms with Crippen LogP contribution in [0.5, 0.6) is 0 Å². The molecule has 0 unspecified atom stereocenters. The summed E-state index contributed by atoms with van der Waals surface area (Å²) in [7, 11) is 0. The molecule has 0 saturated heterocycles. The van der Waals surface area contributed by atoms with Crippen LogP contribution in [0, 0.1) is 28.6 Å². The molecule has 2 fully saturated rings. The van der Waals surface area contributed by atoms with Gasteiger partial charge < -0.3 is 14.7 Å². The number of ketones is 1. The van der Waals surface area contributed by atoms with Crippen LogP contribution in [0.3, 0.4) is 0 Å². The molecule has 1 amide bonds. The average molecular weight is 450 g/mol. The minimum absolute atomic E-state index is 0.0765. The van der Waals surface area contributed by atoms with Gasteiger partial charge >= 0.3 is 5.97 Å². The number of ether oxygens (including phenoxy) is 1. The van der Waals surface area contributed by atoms with Crippen molar-refractivity contribution in [2.24, 2.45) is 28.6 Å². The number of β-amino-alcohol motifs (C(OH)–C–C–N with tert-alkyl or cyclic N) is 1. The lowest BCUT2D eigenvalue weighted by Gasteiger charge is -2.58. The maximum atomic E-state index is 12.8. The second kappa shape index (κ2) is 7.45. The molecule has 0 aromatic heterocycles. The first kappa shape index (κ1) is 22.5. The predicted molar refractivity (Wildman–Crippen MR) is 116 cm³/mol. The fourth-order valence-electron chi connectivity index (χ4n) is 7.40. The zero-order valence-corrected chi connectivity index (χ0v) is 19.5. The number of carbonyl (C=O) groups excluding carboxylic acids is 3. The minimum Gasteiger partial charge on any atom is -0.451 e. The van der Waals surface area contributed by atoms with Crippen molar-refractivity contribution >= 4 is 29.3 Å². The Balaban J connectivity index is 1.76. The molecule has 0 spiro atoms. The van der Waals surface area contributed by atoms with Gasteiger partial charge in [-0.15, -0.1) is 0 Å². The van der Waals surface area contributed by atoms with Crippen molar-refractivity contribution in [2.75, 3.05) is 19.7 Å². The van der Waals surface area contributed by atoms with Crippen LogP contribution in [0.2, 0.25) is 0 Å². The average Bonchev–Trinajstić information content (AvgIpc) is 2.97. The van der Waals surface area contributed by atoms with Crippen molar-refractivity contribution in [3.63, 3.8) is 0 Å². The van der Waals surface area contributed by atoms with Crippen molar-refractivity contribution in [3.8, 4) is 0 Å². The van der Waals surface area contributed by atoms with E-state index >= 15 is 0 Å². The lowest BCUT2D eigenvalue weighted by Crippen LogP contribution is -2.59. The topological polar surface area (TPSA) is 83.9 Å². The first-order valence-electron chi connectivity index (χ1n) is 11.2. The van der Waals surface area contributed by atoms with E-state index in [-0.39, 0.29) is 41.5 Å². The molecule has 0 aromatic carbocycles. The number of hydrogen-bond donors (Lipinski definition) is 1. The lowest BCUT2D eigenvalue weighted by molar-refractivity contribution is -0.185. The Bertz CT molecular complexity index is 896. The molecule has 4 rings (SSSR count). The third kappa shape index (κ3) is 3.05. The normalized spacial score (nSPS) is 41.5. The van der Waals surface area contributed by atoms with Crippen molar-refractivity contribution in [1.29, 1.82) is 0 Å². The number of hydrogen-bond acceptors (Lipinski definition) is 5. The number of halogens is 1. The van der Waals surface area contributed by atoms with E-state index < -0.39 is 17.0 Å². The Morgan fingerprint density at radius 1 is 1.23 bits per heavy atom. The zero-order valence-electron chi connectivity index (χ0n) is 18.7. The summed E-state index contributed by atoms with van der Waals surface area (Å²) in [6, 6.07) is 0. The number of nitrogens with zero attached hydrogens (tertiary/aromatic N) is 1. The van der Waals surface area contributed by atoms with Gasteiger partial charge in [0.1, 0.15) is 0 Å². The second-order valence-electron chi connectivity index (χ2n) is 10.2. The Kier molecular flexibility index (Phi) is 5.41. The van der Waals surface area contributed by atoms with Crippen LogP contribution in [0.4, 0.5) is 0 Å². The summed E-state index contributed by atoms with van der Waals surface area (Å²) in [4.78, 5) is 39.0. The van der Waals surface area contributed by atoms with Crippen molar-refractivity contribution in [2.45, 2.75) is 59.0 Å². The Hall–Kier alpha value is -1.66. The maximum Gasteiger partial charge on any atom is 0.303 e. The minimum atomic E-state index is -1.09. The second-order valence-corrected chi connectivity index (χ2v) is 10.6. The molecule has 0 aromatic rings. The summed E-state index contributed by atoms with van der Waals surface area (Å²) < 4.78 is 5.80. The fourth-order valence-corrected chi connectivity index (χ4v) is 7.82. The van der Waals surface area contributed by atoms with Crippen molar-refractivity contribution in [1.82, 2.24) is 4.90 Å². The number of aliphatic hydroxyl groups is 1. The largest absolute Gasteiger partial charge is 0.451 e. The standard InChI is InChI=1S/C24H32ClNO5/c1-14(28)24(31-15(2)29)8-6-18-16-11-20(25)19-12-21(30)26(9-10-27)13-22(19,3)17(16)5-7-23(18,24)4/h11-12,16-18,27H,5-10,13H2,1-4H3/t16-,17+,18+,22-,23+,24+/m1/s1. The lowest BCUT2D eigenvalue weighted by atomic mass is 9.48. The highest BCUT2D eigenvalue weighted by Crippen LogP contribution is 2.67. The smallest absolute Gasteiger partial charge is 0.303 e. The molecule has 4 aliphatic rings. The van der Waals surface area contributed by atoms with Crippen LogP contribution < -0.4 is 0 Å². The van der Waals surface area contributed by atoms with Gasteiger partial charge in [-0.05, 0) is 55.9 Å². The quantitative estimate of drug-likeness (QED) is 0.666. The van der Waals surface area contributed by atoms with Crippen LogP contribution >= 0.6 is 11.6 Å². The van der Waals surface area contributed by atoms with Crippen LogP contribution in [0.25, 0.3) is 0 Å². The molecule has 0 bridgehead atoms. The van der Waals surface area contributed by atoms with Gasteiger partial charge in [0.2, 0.25) is 5.91 Å². The highest BCUT2D eigenvalue weighted by molar-refractivity contribution is 6.32. The molecule has 2 saturated carbocycles. The molecule has 170 valence electrons. The van der Waals surface area contributed by atoms with E-state index in [9.17, 15) is 19.5 Å². The molecule has 6 atom stereocenters. The number of allylic oxidation sites excluding steroid dienone is 2. The highest BCUT2D eigenvalue weighted by atomic mass is 35.5. The van der Waals surface area contributed by atoms with E-state index in [4.69, 9.17) is 16.3 Å². The molecule has 1 heterocycles. The SMILES string of the molecule is CC(=O)O[C@]1(C(C)=O)CC[C@H]2[C@@H]3C=C(Cl)C4=CC(=O)N(CCO)C[C@]4(C)[C@H]3CC[C@@]21C. The Morgan fingerprint density at radius 3 is 2.52 bits per heavy atom. The number of fused-ring (bicyclic) bond motifs is 5. The third-order valence-corrected chi connectivity index (χ3v) is 9.17.